The lowest BCUT2D eigenvalue weighted by molar-refractivity contribution is 0.0694. The number of sulfone groups is 1. The van der Waals surface area contributed by atoms with Crippen molar-refractivity contribution in [2.24, 2.45) is 11.7 Å². The van der Waals surface area contributed by atoms with Gasteiger partial charge >= 0.3 is 0 Å². The number of nitrogens with zero attached hydrogens (tertiary/aromatic N) is 3. The number of carbonyl (C=O) groups excluding carboxylic acids is 1. The van der Waals surface area contributed by atoms with Crippen molar-refractivity contribution in [3.8, 4) is 11.1 Å². The minimum absolute atomic E-state index is 0.0247. The molecule has 8 nitrogen and oxygen atoms in total. The van der Waals surface area contributed by atoms with Gasteiger partial charge in [0.05, 0.1) is 16.7 Å². The number of fused-ring (bicyclic) bond motifs is 1. The molecule has 1 amide bonds. The number of hydrogen-bond acceptors (Lipinski definition) is 6. The minimum atomic E-state index is -3.62. The summed E-state index contributed by atoms with van der Waals surface area (Å²) in [5, 5.41) is 15.2. The maximum absolute atomic E-state index is 13.0. The summed E-state index contributed by atoms with van der Waals surface area (Å²) in [6.45, 7) is 2.41. The summed E-state index contributed by atoms with van der Waals surface area (Å²) in [7, 11) is -3.62. The van der Waals surface area contributed by atoms with Gasteiger partial charge in [-0.2, -0.15) is 5.10 Å². The van der Waals surface area contributed by atoms with E-state index in [1.165, 1.54) is 12.3 Å². The van der Waals surface area contributed by atoms with E-state index in [9.17, 15) is 13.2 Å². The van der Waals surface area contributed by atoms with Gasteiger partial charge in [-0.15, -0.1) is 5.10 Å². The van der Waals surface area contributed by atoms with Gasteiger partial charge in [0, 0.05) is 24.4 Å². The molecule has 3 N–H and O–H groups in total. The van der Waals surface area contributed by atoms with Gasteiger partial charge in [0.1, 0.15) is 11.5 Å². The van der Waals surface area contributed by atoms with E-state index in [2.05, 4.69) is 10.2 Å². The second-order valence-corrected chi connectivity index (χ2v) is 9.52. The van der Waals surface area contributed by atoms with E-state index in [0.717, 1.165) is 19.1 Å². The maximum atomic E-state index is 13.0. The molecule has 0 saturated heterocycles. The molecule has 2 aromatic rings. The highest BCUT2D eigenvalue weighted by atomic mass is 32.2. The Labute approximate surface area is 163 Å². The molecule has 9 heteroatoms. The van der Waals surface area contributed by atoms with Crippen LogP contribution in [0.2, 0.25) is 0 Å². The van der Waals surface area contributed by atoms with Crippen LogP contribution in [0.1, 0.15) is 41.4 Å². The van der Waals surface area contributed by atoms with Crippen molar-refractivity contribution in [2.45, 2.75) is 37.2 Å². The lowest BCUT2D eigenvalue weighted by Crippen LogP contribution is -2.35. The van der Waals surface area contributed by atoms with Crippen molar-refractivity contribution in [3.63, 3.8) is 0 Å². The van der Waals surface area contributed by atoms with Gasteiger partial charge in [-0.3, -0.25) is 10.2 Å². The predicted octanol–water partition coefficient (Wildman–Crippen LogP) is 1.59. The third-order valence-corrected chi connectivity index (χ3v) is 6.58. The number of hydrogen-bond donors (Lipinski definition) is 2. The number of benzene rings is 1. The van der Waals surface area contributed by atoms with Gasteiger partial charge in [-0.1, -0.05) is 0 Å². The number of nitrogens with two attached hydrogens (primary N) is 1. The minimum Gasteiger partial charge on any atom is -0.382 e. The lowest BCUT2D eigenvalue weighted by atomic mass is 10.0. The first-order valence-corrected chi connectivity index (χ1v) is 10.9. The second kappa shape index (κ2) is 6.37. The zero-order chi connectivity index (χ0) is 20.2. The van der Waals surface area contributed by atoms with E-state index >= 15 is 0 Å². The van der Waals surface area contributed by atoms with Crippen molar-refractivity contribution in [3.05, 3.63) is 41.2 Å². The van der Waals surface area contributed by atoms with E-state index < -0.39 is 9.84 Å². The van der Waals surface area contributed by atoms with Crippen molar-refractivity contribution in [1.82, 2.24) is 15.1 Å². The smallest absolute Gasteiger partial charge is 0.256 e. The van der Waals surface area contributed by atoms with Gasteiger partial charge in [0.2, 0.25) is 0 Å². The second-order valence-electron chi connectivity index (χ2n) is 7.53. The van der Waals surface area contributed by atoms with E-state index in [4.69, 9.17) is 11.1 Å². The third-order valence-electron chi connectivity index (χ3n) is 5.46. The summed E-state index contributed by atoms with van der Waals surface area (Å²) in [6.07, 6.45) is 4.80. The molecule has 1 atom stereocenters. The molecule has 1 saturated carbocycles. The molecule has 0 unspecified atom stereocenters. The number of nitrogen functional groups attached to an aromatic ring is 1. The topological polar surface area (TPSA) is 130 Å². The molecule has 28 heavy (non-hydrogen) atoms. The molecule has 1 aromatic heterocycles. The van der Waals surface area contributed by atoms with E-state index in [1.807, 2.05) is 13.0 Å². The number of amides is 1. The highest BCUT2D eigenvalue weighted by molar-refractivity contribution is 7.90. The Balaban J connectivity index is 1.85. The summed E-state index contributed by atoms with van der Waals surface area (Å²) < 4.78 is 24.9. The van der Waals surface area contributed by atoms with Gasteiger partial charge in [0.25, 0.3) is 5.91 Å². The molecule has 146 valence electrons. The van der Waals surface area contributed by atoms with Crippen LogP contribution in [-0.2, 0) is 16.4 Å². The van der Waals surface area contributed by atoms with E-state index in [-0.39, 0.29) is 33.9 Å². The van der Waals surface area contributed by atoms with Crippen molar-refractivity contribution < 1.29 is 13.2 Å². The fraction of sp³-hybridized carbons (Fsp3) is 0.368. The number of aromatic nitrogens is 2. The fourth-order valence-corrected chi connectivity index (χ4v) is 4.65. The first-order chi connectivity index (χ1) is 13.2. The Morgan fingerprint density at radius 1 is 1.29 bits per heavy atom. The van der Waals surface area contributed by atoms with Crippen LogP contribution in [0.4, 0.5) is 0 Å². The average Bonchev–Trinajstić information content (AvgIpc) is 3.44. The van der Waals surface area contributed by atoms with Crippen LogP contribution in [0, 0.1) is 11.3 Å². The summed E-state index contributed by atoms with van der Waals surface area (Å²) in [5.74, 6) is 0.0408. The Morgan fingerprint density at radius 2 is 2.00 bits per heavy atom. The highest BCUT2D eigenvalue weighted by Gasteiger charge is 2.40. The molecular weight excluding hydrogens is 378 g/mol. The lowest BCUT2D eigenvalue weighted by Gasteiger charge is -2.24. The number of nitrogens with one attached hydrogen (secondary N) is 1. The van der Waals surface area contributed by atoms with E-state index in [0.29, 0.717) is 29.2 Å². The molecule has 2 aliphatic rings. The number of amidine groups is 1. The first kappa shape index (κ1) is 18.5. The van der Waals surface area contributed by atoms with Crippen LogP contribution in [0.25, 0.3) is 11.1 Å². The van der Waals surface area contributed by atoms with Gasteiger partial charge in [0.15, 0.2) is 9.84 Å². The molecule has 1 fully saturated rings. The van der Waals surface area contributed by atoms with Crippen LogP contribution >= 0.6 is 0 Å². The third kappa shape index (κ3) is 3.15. The zero-order valence-electron chi connectivity index (χ0n) is 15.6. The van der Waals surface area contributed by atoms with Crippen LogP contribution < -0.4 is 5.73 Å². The zero-order valence-corrected chi connectivity index (χ0v) is 16.5. The monoisotopic (exact) mass is 399 g/mol. The van der Waals surface area contributed by atoms with Crippen LogP contribution in [0.3, 0.4) is 0 Å². The van der Waals surface area contributed by atoms with Crippen LogP contribution in [0.5, 0.6) is 0 Å². The Morgan fingerprint density at radius 3 is 2.61 bits per heavy atom. The number of rotatable bonds is 5. The Bertz CT molecular complexity index is 1110. The van der Waals surface area contributed by atoms with Gasteiger partial charge in [-0.05, 0) is 55.0 Å². The predicted molar refractivity (Wildman–Crippen MR) is 104 cm³/mol. The van der Waals surface area contributed by atoms with Crippen molar-refractivity contribution >= 4 is 21.6 Å². The fourth-order valence-electron chi connectivity index (χ4n) is 3.72. The van der Waals surface area contributed by atoms with Crippen LogP contribution in [0.15, 0.2) is 29.3 Å². The summed E-state index contributed by atoms with van der Waals surface area (Å²) >= 11 is 0. The molecule has 0 bridgehead atoms. The van der Waals surface area contributed by atoms with Gasteiger partial charge in [-0.25, -0.2) is 8.42 Å². The molecular formula is C19H21N5O3S. The van der Waals surface area contributed by atoms with E-state index in [1.54, 1.807) is 11.0 Å². The molecule has 1 aliphatic heterocycles. The summed E-state index contributed by atoms with van der Waals surface area (Å²) in [6, 6.07) is 4.99. The Kier molecular flexibility index (Phi) is 4.22. The molecule has 1 aliphatic carbocycles. The highest BCUT2D eigenvalue weighted by Crippen LogP contribution is 2.40. The average molecular weight is 399 g/mol. The summed E-state index contributed by atoms with van der Waals surface area (Å²) in [4.78, 5) is 14.8. The molecule has 2 heterocycles. The largest absolute Gasteiger partial charge is 0.382 e. The molecule has 0 spiro atoms. The van der Waals surface area contributed by atoms with Gasteiger partial charge < -0.3 is 10.6 Å². The SMILES string of the molecule is C[C@@H](C1CC1)N1Cc2cc(-c3cnnc(C(=N)N)c3)cc(S(C)(=O)=O)c2C1=O. The normalized spacial score (nSPS) is 17.5. The molecule has 1 aromatic carbocycles. The van der Waals surface area contributed by atoms with Crippen molar-refractivity contribution in [2.75, 3.05) is 6.26 Å². The van der Waals surface area contributed by atoms with Crippen molar-refractivity contribution in [1.29, 1.82) is 5.41 Å². The number of carbonyl (C=O) groups is 1. The first-order valence-electron chi connectivity index (χ1n) is 9.02. The molecule has 0 radical (unpaired) electrons. The Hall–Kier alpha value is -2.81. The molecule has 4 rings (SSSR count). The maximum Gasteiger partial charge on any atom is 0.256 e. The standard InChI is InChI=1S/C19H21N5O3S/c1-10(11-3-4-11)24-9-14-5-12(13-6-15(18(20)21)23-22-8-13)7-16(28(2,26)27)17(14)19(24)25/h5-8,10-11H,3-4,9H2,1-2H3,(H3,20,21)/t10-/m0/s1. The van der Waals surface area contributed by atoms with Crippen LogP contribution in [-0.4, -0.2) is 47.6 Å². The summed E-state index contributed by atoms with van der Waals surface area (Å²) in [5.41, 5.74) is 7.85. The quantitative estimate of drug-likeness (QED) is 0.580.